The van der Waals surface area contributed by atoms with Crippen molar-refractivity contribution >= 4 is 16.9 Å². The van der Waals surface area contributed by atoms with E-state index < -0.39 is 11.4 Å². The second kappa shape index (κ2) is 7.81. The Morgan fingerprint density at radius 3 is 2.50 bits per heavy atom. The summed E-state index contributed by atoms with van der Waals surface area (Å²) >= 11 is 0. The highest BCUT2D eigenvalue weighted by Gasteiger charge is 2.20. The minimum Gasteiger partial charge on any atom is -0.504 e. The number of fused-ring (bicyclic) bond motifs is 1. The molecule has 1 fully saturated rings. The van der Waals surface area contributed by atoms with Crippen molar-refractivity contribution in [3.05, 3.63) is 33.7 Å². The van der Waals surface area contributed by atoms with Crippen molar-refractivity contribution < 1.29 is 19.4 Å². The first-order valence-electron chi connectivity index (χ1n) is 9.24. The quantitative estimate of drug-likeness (QED) is 0.577. The van der Waals surface area contributed by atoms with E-state index in [9.17, 15) is 19.8 Å². The number of aromatic hydroxyl groups is 2. The van der Waals surface area contributed by atoms with Crippen LogP contribution in [-0.4, -0.2) is 22.2 Å². The van der Waals surface area contributed by atoms with Gasteiger partial charge in [0, 0.05) is 11.4 Å². The molecule has 0 unspecified atom stereocenters. The molecule has 1 aliphatic rings. The van der Waals surface area contributed by atoms with Crippen LogP contribution < -0.4 is 10.9 Å². The summed E-state index contributed by atoms with van der Waals surface area (Å²) in [5, 5.41) is 23.0. The SMILES string of the molecule is Cc1c(CC(=O)NC2CCCCCCC2)c(=O)oc2c(O)c(O)ccc12. The Kier molecular flexibility index (Phi) is 5.49. The molecule has 0 spiro atoms. The van der Waals surface area contributed by atoms with Crippen molar-refractivity contribution in [3.63, 3.8) is 0 Å². The number of nitrogens with one attached hydrogen (secondary N) is 1. The van der Waals surface area contributed by atoms with Gasteiger partial charge in [-0.1, -0.05) is 32.1 Å². The van der Waals surface area contributed by atoms with E-state index in [-0.39, 0.29) is 35.3 Å². The van der Waals surface area contributed by atoms with Crippen LogP contribution in [0.2, 0.25) is 0 Å². The average molecular weight is 359 g/mol. The number of benzene rings is 1. The summed E-state index contributed by atoms with van der Waals surface area (Å²) < 4.78 is 5.17. The zero-order valence-electron chi connectivity index (χ0n) is 15.0. The van der Waals surface area contributed by atoms with Crippen LogP contribution in [0.15, 0.2) is 21.3 Å². The molecule has 1 aliphatic carbocycles. The summed E-state index contributed by atoms with van der Waals surface area (Å²) in [7, 11) is 0. The van der Waals surface area contributed by atoms with Crippen molar-refractivity contribution in [2.45, 2.75) is 64.3 Å². The number of aryl methyl sites for hydroxylation is 1. The maximum Gasteiger partial charge on any atom is 0.340 e. The van der Waals surface area contributed by atoms with Gasteiger partial charge in [0.2, 0.25) is 11.7 Å². The van der Waals surface area contributed by atoms with E-state index >= 15 is 0 Å². The first-order valence-corrected chi connectivity index (χ1v) is 9.24. The molecule has 1 aromatic heterocycles. The van der Waals surface area contributed by atoms with E-state index in [1.807, 2.05) is 0 Å². The van der Waals surface area contributed by atoms with E-state index in [1.165, 1.54) is 25.3 Å². The van der Waals surface area contributed by atoms with Crippen LogP contribution in [0, 0.1) is 6.92 Å². The van der Waals surface area contributed by atoms with Gasteiger partial charge in [0.1, 0.15) is 0 Å². The molecule has 1 amide bonds. The van der Waals surface area contributed by atoms with Gasteiger partial charge in [-0.3, -0.25) is 4.79 Å². The van der Waals surface area contributed by atoms with Gasteiger partial charge < -0.3 is 19.9 Å². The molecule has 3 N–H and O–H groups in total. The van der Waals surface area contributed by atoms with Crippen molar-refractivity contribution in [2.24, 2.45) is 0 Å². The zero-order chi connectivity index (χ0) is 18.7. The average Bonchev–Trinajstić information content (AvgIpc) is 2.58. The molecular formula is C20H25NO5. The summed E-state index contributed by atoms with van der Waals surface area (Å²) in [6.45, 7) is 1.72. The maximum absolute atomic E-state index is 12.5. The van der Waals surface area contributed by atoms with Gasteiger partial charge in [-0.25, -0.2) is 4.79 Å². The largest absolute Gasteiger partial charge is 0.504 e. The second-order valence-corrected chi connectivity index (χ2v) is 7.09. The highest BCUT2D eigenvalue weighted by molar-refractivity contribution is 5.89. The lowest BCUT2D eigenvalue weighted by molar-refractivity contribution is -0.121. The van der Waals surface area contributed by atoms with Crippen molar-refractivity contribution in [1.82, 2.24) is 5.32 Å². The molecule has 6 nitrogen and oxygen atoms in total. The van der Waals surface area contributed by atoms with Gasteiger partial charge in [-0.2, -0.15) is 0 Å². The second-order valence-electron chi connectivity index (χ2n) is 7.09. The smallest absolute Gasteiger partial charge is 0.340 e. The monoisotopic (exact) mass is 359 g/mol. The minimum absolute atomic E-state index is 0.0533. The van der Waals surface area contributed by atoms with Crippen LogP contribution in [0.1, 0.15) is 56.1 Å². The van der Waals surface area contributed by atoms with Gasteiger partial charge in [0.05, 0.1) is 12.0 Å². The Bertz CT molecular complexity index is 863. The molecule has 1 aromatic carbocycles. The number of carbonyl (C=O) groups is 1. The predicted molar refractivity (Wildman–Crippen MR) is 98.5 cm³/mol. The predicted octanol–water partition coefficient (Wildman–Crippen LogP) is 3.28. The molecule has 0 radical (unpaired) electrons. The number of amides is 1. The van der Waals surface area contributed by atoms with E-state index in [4.69, 9.17) is 4.42 Å². The van der Waals surface area contributed by atoms with Crippen LogP contribution in [0.3, 0.4) is 0 Å². The Morgan fingerprint density at radius 1 is 1.15 bits per heavy atom. The molecule has 0 atom stereocenters. The Balaban J connectivity index is 1.80. The number of carbonyl (C=O) groups excluding carboxylic acids is 1. The summed E-state index contributed by atoms with van der Waals surface area (Å²) in [5.74, 6) is -1.00. The molecular weight excluding hydrogens is 334 g/mol. The highest BCUT2D eigenvalue weighted by Crippen LogP contribution is 2.34. The van der Waals surface area contributed by atoms with Crippen LogP contribution in [0.5, 0.6) is 11.5 Å². The zero-order valence-corrected chi connectivity index (χ0v) is 15.0. The lowest BCUT2D eigenvalue weighted by Gasteiger charge is -2.21. The van der Waals surface area contributed by atoms with E-state index in [0.717, 1.165) is 25.7 Å². The van der Waals surface area contributed by atoms with Crippen molar-refractivity contribution in [3.8, 4) is 11.5 Å². The summed E-state index contributed by atoms with van der Waals surface area (Å²) in [6.07, 6.45) is 7.80. The first kappa shape index (κ1) is 18.3. The number of phenolic OH excluding ortho intramolecular Hbond substituents is 2. The fourth-order valence-electron chi connectivity index (χ4n) is 3.67. The minimum atomic E-state index is -0.663. The highest BCUT2D eigenvalue weighted by atomic mass is 16.4. The van der Waals surface area contributed by atoms with Crippen LogP contribution >= 0.6 is 0 Å². The molecule has 0 aliphatic heterocycles. The summed E-state index contributed by atoms with van der Waals surface area (Å²) in [4.78, 5) is 24.8. The standard InChI is InChI=1S/C20H25NO5/c1-12-14-9-10-16(22)18(24)19(14)26-20(25)15(12)11-17(23)21-13-7-5-3-2-4-6-8-13/h9-10,13,22,24H,2-8,11H2,1H3,(H,21,23). The van der Waals surface area contributed by atoms with E-state index in [2.05, 4.69) is 5.32 Å². The Morgan fingerprint density at radius 2 is 1.81 bits per heavy atom. The lowest BCUT2D eigenvalue weighted by atomic mass is 9.96. The molecule has 26 heavy (non-hydrogen) atoms. The van der Waals surface area contributed by atoms with Crippen molar-refractivity contribution in [2.75, 3.05) is 0 Å². The molecule has 3 rings (SSSR count). The molecule has 140 valence electrons. The normalized spacial score (nSPS) is 16.2. The fraction of sp³-hybridized carbons (Fsp3) is 0.500. The van der Waals surface area contributed by atoms with Gasteiger partial charge >= 0.3 is 5.63 Å². The third-order valence-electron chi connectivity index (χ3n) is 5.22. The molecule has 1 saturated carbocycles. The first-order chi connectivity index (χ1) is 12.5. The number of hydrogen-bond donors (Lipinski definition) is 3. The van der Waals surface area contributed by atoms with E-state index in [1.54, 1.807) is 13.0 Å². The summed E-state index contributed by atoms with van der Waals surface area (Å²) in [5.41, 5.74) is 0.144. The van der Waals surface area contributed by atoms with Crippen LogP contribution in [0.25, 0.3) is 11.0 Å². The molecule has 0 bridgehead atoms. The molecule has 6 heteroatoms. The molecule has 0 saturated heterocycles. The maximum atomic E-state index is 12.5. The van der Waals surface area contributed by atoms with Gasteiger partial charge in [-0.05, 0) is 37.5 Å². The van der Waals surface area contributed by atoms with Crippen LogP contribution in [-0.2, 0) is 11.2 Å². The number of phenols is 2. The lowest BCUT2D eigenvalue weighted by Crippen LogP contribution is -2.37. The fourth-order valence-corrected chi connectivity index (χ4v) is 3.67. The van der Waals surface area contributed by atoms with Gasteiger partial charge in [0.25, 0.3) is 0 Å². The van der Waals surface area contributed by atoms with E-state index in [0.29, 0.717) is 10.9 Å². The molecule has 1 heterocycles. The van der Waals surface area contributed by atoms with Gasteiger partial charge in [-0.15, -0.1) is 0 Å². The van der Waals surface area contributed by atoms with Gasteiger partial charge in [0.15, 0.2) is 11.3 Å². The number of hydrogen-bond acceptors (Lipinski definition) is 5. The number of rotatable bonds is 3. The Labute approximate surface area is 151 Å². The third-order valence-corrected chi connectivity index (χ3v) is 5.22. The van der Waals surface area contributed by atoms with Crippen molar-refractivity contribution in [1.29, 1.82) is 0 Å². The summed E-state index contributed by atoms with van der Waals surface area (Å²) in [6, 6.07) is 3.07. The Hall–Kier alpha value is -2.50. The molecule has 2 aromatic rings. The third kappa shape index (κ3) is 3.84. The topological polar surface area (TPSA) is 99.8 Å². The van der Waals surface area contributed by atoms with Crippen LogP contribution in [0.4, 0.5) is 0 Å².